The fraction of sp³-hybridized carbons (Fsp3) is 0.588. The molecule has 0 saturated heterocycles. The number of quaternary nitrogens is 1. The Morgan fingerprint density at radius 2 is 1.91 bits per heavy atom. The van der Waals surface area contributed by atoms with E-state index < -0.39 is 0 Å². The van der Waals surface area contributed by atoms with Crippen LogP contribution < -0.4 is 20.1 Å². The van der Waals surface area contributed by atoms with Crippen LogP contribution in [0.15, 0.2) is 18.2 Å². The fourth-order valence-corrected chi connectivity index (χ4v) is 2.93. The number of carbonyl (C=O) groups excluding carboxylic acids is 1. The average molecular weight is 307 g/mol. The molecule has 0 bridgehead atoms. The highest BCUT2D eigenvalue weighted by atomic mass is 16.5. The Balaban J connectivity index is 1.88. The minimum absolute atomic E-state index is 0.00389. The van der Waals surface area contributed by atoms with Gasteiger partial charge >= 0.3 is 0 Å². The molecule has 5 heteroatoms. The molecule has 1 amide bonds. The van der Waals surface area contributed by atoms with E-state index in [4.69, 9.17) is 9.47 Å². The van der Waals surface area contributed by atoms with Gasteiger partial charge in [0.05, 0.1) is 25.9 Å². The van der Waals surface area contributed by atoms with Gasteiger partial charge in [0, 0.05) is 6.07 Å². The number of rotatable bonds is 6. The maximum atomic E-state index is 12.2. The van der Waals surface area contributed by atoms with E-state index in [0.29, 0.717) is 29.8 Å². The third-order valence-corrected chi connectivity index (χ3v) is 4.22. The van der Waals surface area contributed by atoms with Crippen molar-refractivity contribution in [2.75, 3.05) is 26.1 Å². The van der Waals surface area contributed by atoms with E-state index in [2.05, 4.69) is 10.6 Å². The second-order valence-electron chi connectivity index (χ2n) is 5.81. The molecule has 2 rings (SSSR count). The highest BCUT2D eigenvalue weighted by molar-refractivity contribution is 5.93. The Bertz CT molecular complexity index is 483. The monoisotopic (exact) mass is 307 g/mol. The molecule has 1 aliphatic rings. The van der Waals surface area contributed by atoms with Gasteiger partial charge in [-0.25, -0.2) is 0 Å². The molecular formula is C17H27N2O3+. The van der Waals surface area contributed by atoms with E-state index in [1.807, 2.05) is 6.07 Å². The number of hydrogen-bond donors (Lipinski definition) is 2. The molecule has 1 saturated carbocycles. The number of hydrogen-bond acceptors (Lipinski definition) is 3. The summed E-state index contributed by atoms with van der Waals surface area (Å²) in [7, 11) is 3.20. The maximum absolute atomic E-state index is 12.2. The zero-order valence-corrected chi connectivity index (χ0v) is 13.6. The molecule has 1 aromatic rings. The smallest absolute Gasteiger partial charge is 0.279 e. The molecule has 122 valence electrons. The topological polar surface area (TPSA) is 64.2 Å². The van der Waals surface area contributed by atoms with Gasteiger partial charge in [0.2, 0.25) is 0 Å². The van der Waals surface area contributed by atoms with Gasteiger partial charge in [-0.1, -0.05) is 12.8 Å². The first-order valence-electron chi connectivity index (χ1n) is 8.08. The minimum atomic E-state index is -0.00389. The third kappa shape index (κ3) is 4.91. The van der Waals surface area contributed by atoms with Gasteiger partial charge in [0.1, 0.15) is 11.5 Å². The molecule has 0 spiro atoms. The van der Waals surface area contributed by atoms with Gasteiger partial charge in [-0.15, -0.1) is 0 Å². The molecule has 0 heterocycles. The van der Waals surface area contributed by atoms with Crippen molar-refractivity contribution in [1.82, 2.24) is 0 Å². The van der Waals surface area contributed by atoms with Crippen LogP contribution in [0.5, 0.6) is 11.5 Å². The van der Waals surface area contributed by atoms with Crippen molar-refractivity contribution in [3.8, 4) is 11.5 Å². The van der Waals surface area contributed by atoms with Crippen LogP contribution in [0.2, 0.25) is 0 Å². The molecular weight excluding hydrogens is 280 g/mol. The lowest BCUT2D eigenvalue weighted by atomic mass is 10.1. The lowest BCUT2D eigenvalue weighted by Crippen LogP contribution is -2.91. The van der Waals surface area contributed by atoms with Crippen molar-refractivity contribution >= 4 is 11.6 Å². The molecule has 0 aromatic heterocycles. The van der Waals surface area contributed by atoms with Crippen LogP contribution in [0.1, 0.15) is 38.5 Å². The van der Waals surface area contributed by atoms with Gasteiger partial charge in [-0.05, 0) is 37.8 Å². The van der Waals surface area contributed by atoms with Crippen molar-refractivity contribution < 1.29 is 19.6 Å². The Hall–Kier alpha value is -1.75. The van der Waals surface area contributed by atoms with Gasteiger partial charge in [0.25, 0.3) is 5.91 Å². The SMILES string of the molecule is COc1ccc(OC)c(NC(=O)C[NH2+]C2CCCCCC2)c1. The standard InChI is InChI=1S/C17H26N2O3/c1-21-14-9-10-16(22-2)15(11-14)19-17(20)12-18-13-7-5-3-4-6-8-13/h9-11,13,18H,3-8,12H2,1-2H3,(H,19,20)/p+1. The summed E-state index contributed by atoms with van der Waals surface area (Å²) in [5.74, 6) is 1.34. The first-order valence-corrected chi connectivity index (χ1v) is 8.08. The molecule has 22 heavy (non-hydrogen) atoms. The summed E-state index contributed by atoms with van der Waals surface area (Å²) in [5.41, 5.74) is 0.654. The van der Waals surface area contributed by atoms with Crippen LogP contribution >= 0.6 is 0 Å². The number of nitrogens with one attached hydrogen (secondary N) is 1. The Morgan fingerprint density at radius 1 is 1.18 bits per heavy atom. The lowest BCUT2D eigenvalue weighted by Gasteiger charge is -2.14. The summed E-state index contributed by atoms with van der Waals surface area (Å²) in [6.07, 6.45) is 7.67. The van der Waals surface area contributed by atoms with Crippen LogP contribution in [0.3, 0.4) is 0 Å². The van der Waals surface area contributed by atoms with E-state index in [9.17, 15) is 4.79 Å². The van der Waals surface area contributed by atoms with Gasteiger partial charge in [-0.2, -0.15) is 0 Å². The van der Waals surface area contributed by atoms with Gasteiger partial charge in [0.15, 0.2) is 6.54 Å². The molecule has 0 radical (unpaired) electrons. The highest BCUT2D eigenvalue weighted by Gasteiger charge is 2.17. The zero-order chi connectivity index (χ0) is 15.8. The number of anilines is 1. The maximum Gasteiger partial charge on any atom is 0.279 e. The van der Waals surface area contributed by atoms with Crippen molar-refractivity contribution in [1.29, 1.82) is 0 Å². The summed E-state index contributed by atoms with van der Waals surface area (Å²) >= 11 is 0. The summed E-state index contributed by atoms with van der Waals surface area (Å²) < 4.78 is 10.5. The molecule has 0 aliphatic heterocycles. The summed E-state index contributed by atoms with van der Waals surface area (Å²) in [6.45, 7) is 0.449. The quantitative estimate of drug-likeness (QED) is 0.789. The van der Waals surface area contributed by atoms with Crippen molar-refractivity contribution in [2.24, 2.45) is 0 Å². The van der Waals surface area contributed by atoms with Crippen molar-refractivity contribution in [3.63, 3.8) is 0 Å². The van der Waals surface area contributed by atoms with Crippen LogP contribution in [-0.2, 0) is 4.79 Å². The number of amides is 1. The van der Waals surface area contributed by atoms with E-state index in [1.54, 1.807) is 26.4 Å². The fourth-order valence-electron chi connectivity index (χ4n) is 2.93. The first-order chi connectivity index (χ1) is 10.7. The molecule has 0 atom stereocenters. The first kappa shape index (κ1) is 16.6. The van der Waals surface area contributed by atoms with Crippen LogP contribution in [0.25, 0.3) is 0 Å². The molecule has 1 aliphatic carbocycles. The summed E-state index contributed by atoms with van der Waals surface area (Å²) in [6, 6.07) is 5.97. The number of nitrogens with two attached hydrogens (primary N) is 1. The minimum Gasteiger partial charge on any atom is -0.497 e. The van der Waals surface area contributed by atoms with Crippen LogP contribution in [0, 0.1) is 0 Å². The van der Waals surface area contributed by atoms with Crippen LogP contribution in [-0.4, -0.2) is 32.7 Å². The zero-order valence-electron chi connectivity index (χ0n) is 13.6. The molecule has 1 aromatic carbocycles. The molecule has 5 nitrogen and oxygen atoms in total. The Labute approximate surface area is 132 Å². The number of benzene rings is 1. The molecule has 0 unspecified atom stereocenters. The largest absolute Gasteiger partial charge is 0.497 e. The molecule has 1 fully saturated rings. The van der Waals surface area contributed by atoms with Crippen molar-refractivity contribution in [3.05, 3.63) is 18.2 Å². The predicted molar refractivity (Wildman–Crippen MR) is 86.5 cm³/mol. The average Bonchev–Trinajstić information content (AvgIpc) is 2.81. The lowest BCUT2D eigenvalue weighted by molar-refractivity contribution is -0.680. The predicted octanol–water partition coefficient (Wildman–Crippen LogP) is 1.93. The van der Waals surface area contributed by atoms with E-state index >= 15 is 0 Å². The number of carbonyl (C=O) groups is 1. The summed E-state index contributed by atoms with van der Waals surface area (Å²) in [5, 5.41) is 5.09. The summed E-state index contributed by atoms with van der Waals surface area (Å²) in [4.78, 5) is 12.2. The van der Waals surface area contributed by atoms with E-state index in [1.165, 1.54) is 38.5 Å². The normalized spacial score (nSPS) is 15.9. The Kier molecular flexibility index (Phi) is 6.52. The van der Waals surface area contributed by atoms with Gasteiger partial charge in [-0.3, -0.25) is 4.79 Å². The van der Waals surface area contributed by atoms with Gasteiger partial charge < -0.3 is 20.1 Å². The van der Waals surface area contributed by atoms with Crippen LogP contribution in [0.4, 0.5) is 5.69 Å². The third-order valence-electron chi connectivity index (χ3n) is 4.22. The second kappa shape index (κ2) is 8.63. The number of ether oxygens (including phenoxy) is 2. The molecule has 3 N–H and O–H groups in total. The Morgan fingerprint density at radius 3 is 2.55 bits per heavy atom. The van der Waals surface area contributed by atoms with E-state index in [0.717, 1.165) is 0 Å². The van der Waals surface area contributed by atoms with Crippen molar-refractivity contribution in [2.45, 2.75) is 44.6 Å². The van der Waals surface area contributed by atoms with E-state index in [-0.39, 0.29) is 5.91 Å². The second-order valence-corrected chi connectivity index (χ2v) is 5.81. The highest BCUT2D eigenvalue weighted by Crippen LogP contribution is 2.28. The number of methoxy groups -OCH3 is 2.